The molecule has 152 valence electrons. The minimum Gasteiger partial charge on any atom is -0.477 e. The van der Waals surface area contributed by atoms with Crippen molar-refractivity contribution in [1.29, 1.82) is 0 Å². The van der Waals surface area contributed by atoms with Crippen molar-refractivity contribution in [3.63, 3.8) is 0 Å². The summed E-state index contributed by atoms with van der Waals surface area (Å²) < 4.78 is 5.29. The number of aromatic amines is 1. The largest absolute Gasteiger partial charge is 0.477 e. The number of carbonyl (C=O) groups excluding carboxylic acids is 2. The van der Waals surface area contributed by atoms with Crippen LogP contribution in [0, 0.1) is 0 Å². The molecule has 4 N–H and O–H groups in total. The van der Waals surface area contributed by atoms with Gasteiger partial charge in [0.2, 0.25) is 5.91 Å². The number of hydrogen-bond donors (Lipinski definition) is 3. The number of nitrogens with zero attached hydrogens (tertiary/aromatic N) is 3. The first-order chi connectivity index (χ1) is 13.1. The molecule has 3 rings (SSSR count). The molecule has 1 aromatic rings. The number of carboxylic acid groups (broad SMARTS) is 1. The number of carboxylic acids is 1. The standard InChI is InChI=1S/C16H21N5O5S2/c1-16(2,3)26-9(22)4-8-12(19-20-18-8)27-5-7-6-28-14-10(17)13(23)21(14)11(7)15(24)25/h10,14H,4-6,17H2,1-3H3,(H,24,25)(H,18,19,20)/t10?,14-/m0/s1. The smallest absolute Gasteiger partial charge is 0.352 e. The average molecular weight is 428 g/mol. The Bertz CT molecular complexity index is 847. The van der Waals surface area contributed by atoms with Crippen molar-refractivity contribution in [2.75, 3.05) is 11.5 Å². The molecule has 0 saturated carbocycles. The molecule has 0 aliphatic carbocycles. The van der Waals surface area contributed by atoms with Gasteiger partial charge in [0.05, 0.1) is 6.42 Å². The molecule has 28 heavy (non-hydrogen) atoms. The topological polar surface area (TPSA) is 152 Å². The Labute approximate surface area is 169 Å². The van der Waals surface area contributed by atoms with Crippen LogP contribution in [-0.4, -0.2) is 71.8 Å². The third kappa shape index (κ3) is 4.18. The van der Waals surface area contributed by atoms with Crippen LogP contribution in [0.5, 0.6) is 0 Å². The molecule has 2 aliphatic heterocycles. The first kappa shape index (κ1) is 20.7. The minimum absolute atomic E-state index is 0.0138. The third-order valence-electron chi connectivity index (χ3n) is 3.99. The zero-order valence-electron chi connectivity index (χ0n) is 15.6. The number of esters is 1. The summed E-state index contributed by atoms with van der Waals surface area (Å²) in [5.41, 5.74) is 6.16. The van der Waals surface area contributed by atoms with E-state index in [1.165, 1.54) is 28.4 Å². The number of carbonyl (C=O) groups is 3. The van der Waals surface area contributed by atoms with Crippen molar-refractivity contribution >= 4 is 41.4 Å². The maximum atomic E-state index is 12.0. The number of fused-ring (bicyclic) bond motifs is 1. The zero-order chi connectivity index (χ0) is 20.6. The molecule has 2 atom stereocenters. The van der Waals surface area contributed by atoms with Crippen molar-refractivity contribution in [2.24, 2.45) is 5.73 Å². The fourth-order valence-corrected chi connectivity index (χ4v) is 5.20. The van der Waals surface area contributed by atoms with Crippen LogP contribution in [0.2, 0.25) is 0 Å². The summed E-state index contributed by atoms with van der Waals surface area (Å²) in [4.78, 5) is 37.0. The number of thioether (sulfide) groups is 2. The lowest BCUT2D eigenvalue weighted by atomic mass is 10.0. The molecule has 1 saturated heterocycles. The van der Waals surface area contributed by atoms with Gasteiger partial charge in [0.15, 0.2) is 0 Å². The number of nitrogens with two attached hydrogens (primary N) is 1. The number of ether oxygens (including phenoxy) is 1. The van der Waals surface area contributed by atoms with E-state index in [1.807, 2.05) is 0 Å². The molecule has 0 radical (unpaired) electrons. The predicted octanol–water partition coefficient (Wildman–Crippen LogP) is 0.362. The van der Waals surface area contributed by atoms with Crippen molar-refractivity contribution < 1.29 is 24.2 Å². The molecule has 3 heterocycles. The third-order valence-corrected chi connectivity index (χ3v) is 6.44. The van der Waals surface area contributed by atoms with Crippen molar-refractivity contribution in [1.82, 2.24) is 20.3 Å². The fourth-order valence-electron chi connectivity index (χ4n) is 2.83. The zero-order valence-corrected chi connectivity index (χ0v) is 17.2. The Morgan fingerprint density at radius 3 is 2.79 bits per heavy atom. The lowest BCUT2D eigenvalue weighted by molar-refractivity contribution is -0.154. The number of nitrogens with one attached hydrogen (secondary N) is 1. The molecule has 0 bridgehead atoms. The van der Waals surface area contributed by atoms with Crippen molar-refractivity contribution in [2.45, 2.75) is 49.2 Å². The van der Waals surface area contributed by atoms with Gasteiger partial charge >= 0.3 is 11.9 Å². The molecule has 0 aromatic carbocycles. The normalized spacial score (nSPS) is 22.0. The van der Waals surface area contributed by atoms with Gasteiger partial charge in [0.1, 0.15) is 33.4 Å². The summed E-state index contributed by atoms with van der Waals surface area (Å²) in [7, 11) is 0. The maximum absolute atomic E-state index is 12.0. The first-order valence-electron chi connectivity index (χ1n) is 8.48. The summed E-state index contributed by atoms with van der Waals surface area (Å²) >= 11 is 2.69. The van der Waals surface area contributed by atoms with Gasteiger partial charge in [0, 0.05) is 11.5 Å². The minimum atomic E-state index is -1.16. The number of hydrogen-bond acceptors (Lipinski definition) is 9. The van der Waals surface area contributed by atoms with Crippen LogP contribution in [-0.2, 0) is 25.5 Å². The van der Waals surface area contributed by atoms with Crippen LogP contribution in [0.25, 0.3) is 0 Å². The number of amides is 1. The second kappa shape index (κ2) is 7.76. The van der Waals surface area contributed by atoms with Crippen LogP contribution in [0.3, 0.4) is 0 Å². The lowest BCUT2D eigenvalue weighted by Crippen LogP contribution is -2.68. The van der Waals surface area contributed by atoms with E-state index in [4.69, 9.17) is 10.5 Å². The number of β-lactam (4-membered cyclic amide) rings is 1. The van der Waals surface area contributed by atoms with E-state index in [1.54, 1.807) is 20.8 Å². The number of H-pyrrole nitrogens is 1. The molecule has 1 fully saturated rings. The van der Waals surface area contributed by atoms with Gasteiger partial charge in [-0.15, -0.1) is 16.9 Å². The summed E-state index contributed by atoms with van der Waals surface area (Å²) in [6, 6.07) is -0.662. The van der Waals surface area contributed by atoms with Crippen LogP contribution in [0.4, 0.5) is 0 Å². The Kier molecular flexibility index (Phi) is 5.73. The second-order valence-corrected chi connectivity index (χ2v) is 9.39. The maximum Gasteiger partial charge on any atom is 0.352 e. The molecule has 12 heteroatoms. The van der Waals surface area contributed by atoms with Gasteiger partial charge < -0.3 is 15.6 Å². The fraction of sp³-hybridized carbons (Fsp3) is 0.562. The van der Waals surface area contributed by atoms with Gasteiger partial charge in [-0.25, -0.2) is 4.79 Å². The molecule has 1 unspecified atom stereocenters. The van der Waals surface area contributed by atoms with Gasteiger partial charge in [-0.3, -0.25) is 14.5 Å². The molecule has 0 spiro atoms. The highest BCUT2D eigenvalue weighted by molar-refractivity contribution is 8.01. The Hall–Kier alpha value is -2.05. The van der Waals surface area contributed by atoms with E-state index >= 15 is 0 Å². The van der Waals surface area contributed by atoms with Crippen molar-refractivity contribution in [3.05, 3.63) is 17.0 Å². The van der Waals surface area contributed by atoms with Gasteiger partial charge in [-0.05, 0) is 26.3 Å². The van der Waals surface area contributed by atoms with Crippen molar-refractivity contribution in [3.8, 4) is 0 Å². The predicted molar refractivity (Wildman–Crippen MR) is 102 cm³/mol. The van der Waals surface area contributed by atoms with E-state index in [9.17, 15) is 19.5 Å². The van der Waals surface area contributed by atoms with Crippen LogP contribution in [0.15, 0.2) is 16.3 Å². The van der Waals surface area contributed by atoms with E-state index in [-0.39, 0.29) is 23.4 Å². The summed E-state index contributed by atoms with van der Waals surface area (Å²) in [5.74, 6) is -1.21. The molecule has 1 aromatic heterocycles. The highest BCUT2D eigenvalue weighted by Gasteiger charge is 2.51. The average Bonchev–Trinajstić information content (AvgIpc) is 3.03. The number of rotatable bonds is 6. The lowest BCUT2D eigenvalue weighted by Gasteiger charge is -2.48. The number of aromatic nitrogens is 3. The van der Waals surface area contributed by atoms with Crippen LogP contribution >= 0.6 is 23.5 Å². The Morgan fingerprint density at radius 1 is 1.43 bits per heavy atom. The quantitative estimate of drug-likeness (QED) is 0.330. The highest BCUT2D eigenvalue weighted by Crippen LogP contribution is 2.40. The molecular formula is C16H21N5O5S2. The SMILES string of the molecule is CC(C)(C)OC(=O)Cc1n[nH]nc1SCC1=C(C(=O)O)N2C(=O)C(N)[C@@H]2SC1. The molecular weight excluding hydrogens is 406 g/mol. The molecule has 10 nitrogen and oxygen atoms in total. The van der Waals surface area contributed by atoms with E-state index in [2.05, 4.69) is 15.4 Å². The van der Waals surface area contributed by atoms with Gasteiger partial charge in [0.25, 0.3) is 0 Å². The van der Waals surface area contributed by atoms with Gasteiger partial charge in [-0.1, -0.05) is 11.8 Å². The number of aliphatic carboxylic acids is 1. The first-order valence-corrected chi connectivity index (χ1v) is 10.5. The highest BCUT2D eigenvalue weighted by atomic mass is 32.2. The molecule has 1 amide bonds. The van der Waals surface area contributed by atoms with E-state index in [0.717, 1.165) is 0 Å². The Balaban J connectivity index is 1.70. The van der Waals surface area contributed by atoms with E-state index in [0.29, 0.717) is 27.8 Å². The molecule has 2 aliphatic rings. The van der Waals surface area contributed by atoms with E-state index < -0.39 is 23.6 Å². The Morgan fingerprint density at radius 2 is 2.14 bits per heavy atom. The van der Waals surface area contributed by atoms with Crippen LogP contribution < -0.4 is 5.73 Å². The summed E-state index contributed by atoms with van der Waals surface area (Å²) in [5, 5.41) is 20.2. The monoisotopic (exact) mass is 427 g/mol. The van der Waals surface area contributed by atoms with Crippen LogP contribution in [0.1, 0.15) is 26.5 Å². The summed E-state index contributed by atoms with van der Waals surface area (Å²) in [6.07, 6.45) is -0.0444. The summed E-state index contributed by atoms with van der Waals surface area (Å²) in [6.45, 7) is 5.33. The second-order valence-electron chi connectivity index (χ2n) is 7.32. The van der Waals surface area contributed by atoms with Gasteiger partial charge in [-0.2, -0.15) is 10.3 Å².